The molecule has 0 saturated carbocycles. The maximum atomic E-state index is 13.0. The fraction of sp³-hybridized carbons (Fsp3) is 0.0667. The molecule has 20 heavy (non-hydrogen) atoms. The number of hydrogen-bond acceptors (Lipinski definition) is 3. The van der Waals surface area contributed by atoms with Gasteiger partial charge >= 0.3 is 0 Å². The molecule has 4 nitrogen and oxygen atoms in total. The van der Waals surface area contributed by atoms with Crippen LogP contribution in [-0.2, 0) is 6.54 Å². The number of halogens is 1. The molecule has 2 aromatic carbocycles. The minimum atomic E-state index is -0.598. The van der Waals surface area contributed by atoms with Gasteiger partial charge in [0.15, 0.2) is 0 Å². The number of phenols is 1. The molecule has 0 aliphatic carbocycles. The first-order valence-corrected chi connectivity index (χ1v) is 5.86. The molecule has 2 rings (SSSR count). The molecule has 0 fully saturated rings. The van der Waals surface area contributed by atoms with Crippen LogP contribution >= 0.6 is 0 Å². The van der Waals surface area contributed by atoms with Crippen molar-refractivity contribution in [2.75, 3.05) is 0 Å². The highest BCUT2D eigenvalue weighted by atomic mass is 19.1. The van der Waals surface area contributed by atoms with Crippen molar-refractivity contribution in [3.8, 4) is 11.8 Å². The van der Waals surface area contributed by atoms with Gasteiger partial charge in [-0.2, -0.15) is 5.26 Å². The first kappa shape index (κ1) is 13.6. The van der Waals surface area contributed by atoms with E-state index >= 15 is 0 Å². The summed E-state index contributed by atoms with van der Waals surface area (Å²) in [5, 5.41) is 20.8. The summed E-state index contributed by atoms with van der Waals surface area (Å²) in [6.45, 7) is 0.185. The second-order valence-electron chi connectivity index (χ2n) is 4.16. The van der Waals surface area contributed by atoms with Crippen molar-refractivity contribution in [3.63, 3.8) is 0 Å². The maximum Gasteiger partial charge on any atom is 0.255 e. The van der Waals surface area contributed by atoms with E-state index in [0.717, 1.165) is 23.8 Å². The van der Waals surface area contributed by atoms with E-state index in [4.69, 9.17) is 5.26 Å². The Hall–Kier alpha value is -2.87. The van der Waals surface area contributed by atoms with Crippen LogP contribution in [-0.4, -0.2) is 11.0 Å². The highest BCUT2D eigenvalue weighted by molar-refractivity contribution is 5.96. The van der Waals surface area contributed by atoms with Crippen molar-refractivity contribution >= 4 is 5.91 Å². The van der Waals surface area contributed by atoms with Crippen LogP contribution in [0.25, 0.3) is 0 Å². The lowest BCUT2D eigenvalue weighted by Gasteiger charge is -2.07. The third kappa shape index (κ3) is 3.12. The van der Waals surface area contributed by atoms with Crippen LogP contribution in [0.4, 0.5) is 4.39 Å². The average Bonchev–Trinajstić information content (AvgIpc) is 2.47. The number of benzene rings is 2. The quantitative estimate of drug-likeness (QED) is 0.899. The van der Waals surface area contributed by atoms with E-state index < -0.39 is 11.7 Å². The highest BCUT2D eigenvalue weighted by Gasteiger charge is 2.11. The summed E-state index contributed by atoms with van der Waals surface area (Å²) in [5.74, 6) is -1.46. The largest absolute Gasteiger partial charge is 0.507 e. The van der Waals surface area contributed by atoms with Crippen LogP contribution in [0.5, 0.6) is 5.75 Å². The van der Waals surface area contributed by atoms with Crippen LogP contribution in [0.1, 0.15) is 21.5 Å². The summed E-state index contributed by atoms with van der Waals surface area (Å²) in [4.78, 5) is 11.8. The Bertz CT molecular complexity index is 693. The average molecular weight is 270 g/mol. The smallest absolute Gasteiger partial charge is 0.255 e. The number of amides is 1. The topological polar surface area (TPSA) is 73.1 Å². The lowest BCUT2D eigenvalue weighted by molar-refractivity contribution is 0.0947. The molecule has 5 heteroatoms. The number of carbonyl (C=O) groups excluding carboxylic acids is 1. The zero-order valence-corrected chi connectivity index (χ0v) is 10.4. The summed E-state index contributed by atoms with van der Waals surface area (Å²) in [6, 6.07) is 11.9. The van der Waals surface area contributed by atoms with E-state index in [9.17, 15) is 14.3 Å². The molecule has 0 aromatic heterocycles. The Morgan fingerprint density at radius 2 is 2.10 bits per heavy atom. The first-order valence-electron chi connectivity index (χ1n) is 5.86. The van der Waals surface area contributed by atoms with E-state index in [-0.39, 0.29) is 17.9 Å². The summed E-state index contributed by atoms with van der Waals surface area (Å²) < 4.78 is 13.0. The van der Waals surface area contributed by atoms with Crippen LogP contribution < -0.4 is 5.32 Å². The van der Waals surface area contributed by atoms with Crippen LogP contribution in [0, 0.1) is 17.1 Å². The number of nitriles is 1. The van der Waals surface area contributed by atoms with Gasteiger partial charge in [-0.15, -0.1) is 0 Å². The van der Waals surface area contributed by atoms with Gasteiger partial charge in [0.05, 0.1) is 17.2 Å². The molecule has 0 atom stereocenters. The van der Waals surface area contributed by atoms with E-state index in [2.05, 4.69) is 5.32 Å². The Kier molecular flexibility index (Phi) is 3.96. The van der Waals surface area contributed by atoms with Gasteiger partial charge in [-0.3, -0.25) is 4.79 Å². The molecule has 2 aromatic rings. The zero-order chi connectivity index (χ0) is 14.5. The predicted molar refractivity (Wildman–Crippen MR) is 70.4 cm³/mol. The van der Waals surface area contributed by atoms with Gasteiger partial charge in [-0.05, 0) is 35.9 Å². The fourth-order valence-electron chi connectivity index (χ4n) is 1.72. The zero-order valence-electron chi connectivity index (χ0n) is 10.4. The number of carbonyl (C=O) groups is 1. The van der Waals surface area contributed by atoms with Crippen molar-refractivity contribution in [1.82, 2.24) is 5.32 Å². The molecular weight excluding hydrogens is 259 g/mol. The molecule has 0 heterocycles. The molecule has 1 amide bonds. The van der Waals surface area contributed by atoms with Gasteiger partial charge in [-0.25, -0.2) is 4.39 Å². The summed E-state index contributed by atoms with van der Waals surface area (Å²) in [5.41, 5.74) is 1.11. The van der Waals surface area contributed by atoms with Crippen LogP contribution in [0.2, 0.25) is 0 Å². The lowest BCUT2D eigenvalue weighted by Crippen LogP contribution is -2.23. The molecular formula is C15H11FN2O2. The van der Waals surface area contributed by atoms with Gasteiger partial charge in [0.2, 0.25) is 0 Å². The molecule has 0 saturated heterocycles. The standard InChI is InChI=1S/C15H11FN2O2/c16-12-4-5-14(19)13(7-12)15(20)18-9-11-3-1-2-10(6-11)8-17/h1-7,19H,9H2,(H,18,20). The molecule has 0 unspecified atom stereocenters. The van der Waals surface area contributed by atoms with Gasteiger partial charge in [0.25, 0.3) is 5.91 Å². The van der Waals surface area contributed by atoms with E-state index in [1.807, 2.05) is 6.07 Å². The molecule has 2 N–H and O–H groups in total. The lowest BCUT2D eigenvalue weighted by atomic mass is 10.1. The third-order valence-electron chi connectivity index (χ3n) is 2.71. The van der Waals surface area contributed by atoms with E-state index in [1.54, 1.807) is 24.3 Å². The second kappa shape index (κ2) is 5.85. The summed E-state index contributed by atoms with van der Waals surface area (Å²) in [6.07, 6.45) is 0. The SMILES string of the molecule is N#Cc1cccc(CNC(=O)c2cc(F)ccc2O)c1. The Labute approximate surface area is 115 Å². The van der Waals surface area contributed by atoms with Gasteiger partial charge < -0.3 is 10.4 Å². The molecule has 0 spiro atoms. The van der Waals surface area contributed by atoms with Crippen molar-refractivity contribution in [2.24, 2.45) is 0 Å². The first-order chi connectivity index (χ1) is 9.60. The maximum absolute atomic E-state index is 13.0. The normalized spacial score (nSPS) is 9.80. The number of phenolic OH excluding ortho intramolecular Hbond substituents is 1. The predicted octanol–water partition coefficient (Wildman–Crippen LogP) is 2.33. The molecule has 100 valence electrons. The number of hydrogen-bond donors (Lipinski definition) is 2. The number of nitrogens with zero attached hydrogens (tertiary/aromatic N) is 1. The van der Waals surface area contributed by atoms with E-state index in [1.165, 1.54) is 0 Å². The van der Waals surface area contributed by atoms with Crippen molar-refractivity contribution in [2.45, 2.75) is 6.54 Å². The van der Waals surface area contributed by atoms with Crippen LogP contribution in [0.3, 0.4) is 0 Å². The Morgan fingerprint density at radius 3 is 2.85 bits per heavy atom. The van der Waals surface area contributed by atoms with E-state index in [0.29, 0.717) is 5.56 Å². The van der Waals surface area contributed by atoms with Gasteiger partial charge in [0.1, 0.15) is 11.6 Å². The highest BCUT2D eigenvalue weighted by Crippen LogP contribution is 2.17. The van der Waals surface area contributed by atoms with Crippen molar-refractivity contribution in [3.05, 3.63) is 65.0 Å². The van der Waals surface area contributed by atoms with Crippen molar-refractivity contribution in [1.29, 1.82) is 5.26 Å². The van der Waals surface area contributed by atoms with Crippen LogP contribution in [0.15, 0.2) is 42.5 Å². The number of aromatic hydroxyl groups is 1. The Balaban J connectivity index is 2.09. The molecule has 0 aliphatic rings. The second-order valence-corrected chi connectivity index (χ2v) is 4.16. The summed E-state index contributed by atoms with van der Waals surface area (Å²) >= 11 is 0. The summed E-state index contributed by atoms with van der Waals surface area (Å²) in [7, 11) is 0. The van der Waals surface area contributed by atoms with Gasteiger partial charge in [0, 0.05) is 6.54 Å². The van der Waals surface area contributed by atoms with Crippen molar-refractivity contribution < 1.29 is 14.3 Å². The monoisotopic (exact) mass is 270 g/mol. The molecule has 0 bridgehead atoms. The fourth-order valence-corrected chi connectivity index (χ4v) is 1.72. The molecule has 0 radical (unpaired) electrons. The Morgan fingerprint density at radius 1 is 1.30 bits per heavy atom. The molecule has 0 aliphatic heterocycles. The third-order valence-corrected chi connectivity index (χ3v) is 2.71. The minimum absolute atomic E-state index is 0.124. The number of rotatable bonds is 3. The minimum Gasteiger partial charge on any atom is -0.507 e. The van der Waals surface area contributed by atoms with Gasteiger partial charge in [-0.1, -0.05) is 12.1 Å². The number of nitrogens with one attached hydrogen (secondary N) is 1.